The number of hydrogen-bond acceptors (Lipinski definition) is 3. The largest absolute Gasteiger partial charge is 0.381 e. The van der Waals surface area contributed by atoms with Gasteiger partial charge < -0.3 is 9.57 Å². The molecule has 0 unspecified atom stereocenters. The Kier molecular flexibility index (Phi) is 3.83. The van der Waals surface area contributed by atoms with Crippen LogP contribution in [0.4, 0.5) is 0 Å². The maximum absolute atomic E-state index is 5.26. The molecule has 1 fully saturated rings. The predicted octanol–water partition coefficient (Wildman–Crippen LogP) is 1.05. The third kappa shape index (κ3) is 2.43. The summed E-state index contributed by atoms with van der Waals surface area (Å²) in [5.74, 6) is 0. The Morgan fingerprint density at radius 3 is 2.55 bits per heavy atom. The van der Waals surface area contributed by atoms with Gasteiger partial charge in [-0.2, -0.15) is 5.06 Å². The van der Waals surface area contributed by atoms with Gasteiger partial charge in [-0.15, -0.1) is 0 Å². The van der Waals surface area contributed by atoms with Crippen molar-refractivity contribution in [1.82, 2.24) is 5.06 Å². The van der Waals surface area contributed by atoms with Gasteiger partial charge in [0.2, 0.25) is 0 Å². The number of ether oxygens (including phenoxy) is 1. The van der Waals surface area contributed by atoms with Crippen LogP contribution in [0, 0.1) is 0 Å². The normalized spacial score (nSPS) is 21.0. The van der Waals surface area contributed by atoms with Gasteiger partial charge in [0.1, 0.15) is 0 Å². The van der Waals surface area contributed by atoms with E-state index in [4.69, 9.17) is 9.57 Å². The second-order valence-electron chi connectivity index (χ2n) is 2.76. The molecule has 11 heavy (non-hydrogen) atoms. The van der Waals surface area contributed by atoms with E-state index < -0.39 is 0 Å². The van der Waals surface area contributed by atoms with E-state index in [9.17, 15) is 0 Å². The van der Waals surface area contributed by atoms with E-state index in [2.05, 4.69) is 6.92 Å². The van der Waals surface area contributed by atoms with E-state index in [1.165, 1.54) is 0 Å². The average molecular weight is 159 g/mol. The van der Waals surface area contributed by atoms with Crippen molar-refractivity contribution in [1.29, 1.82) is 0 Å². The molecule has 0 aromatic rings. The van der Waals surface area contributed by atoms with Gasteiger partial charge in [0.25, 0.3) is 0 Å². The van der Waals surface area contributed by atoms with E-state index in [0.717, 1.165) is 32.6 Å². The first-order chi connectivity index (χ1) is 5.38. The zero-order valence-electron chi connectivity index (χ0n) is 7.38. The van der Waals surface area contributed by atoms with E-state index in [0.29, 0.717) is 6.04 Å². The minimum atomic E-state index is 0.568. The van der Waals surface area contributed by atoms with E-state index >= 15 is 0 Å². The first-order valence-electron chi connectivity index (χ1n) is 4.27. The molecule has 0 radical (unpaired) electrons. The zero-order valence-corrected chi connectivity index (χ0v) is 7.38. The van der Waals surface area contributed by atoms with Crippen molar-refractivity contribution in [2.24, 2.45) is 0 Å². The smallest absolute Gasteiger partial charge is 0.0575 e. The molecule has 1 aliphatic heterocycles. The predicted molar refractivity (Wildman–Crippen MR) is 43.2 cm³/mol. The standard InChI is InChI=1S/C8H17NO2/c1-3-9(10-2)8-4-6-11-7-5-8/h8H,3-7H2,1-2H3. The number of hydroxylamine groups is 2. The first-order valence-corrected chi connectivity index (χ1v) is 4.27. The quantitative estimate of drug-likeness (QED) is 0.574. The molecule has 0 spiro atoms. The van der Waals surface area contributed by atoms with Crippen molar-refractivity contribution in [3.8, 4) is 0 Å². The van der Waals surface area contributed by atoms with Crippen LogP contribution in [0.1, 0.15) is 19.8 Å². The topological polar surface area (TPSA) is 21.7 Å². The lowest BCUT2D eigenvalue weighted by Gasteiger charge is -2.31. The molecule has 1 aliphatic rings. The molecule has 3 nitrogen and oxygen atoms in total. The highest BCUT2D eigenvalue weighted by molar-refractivity contribution is 4.68. The lowest BCUT2D eigenvalue weighted by molar-refractivity contribution is -0.174. The molecule has 0 bridgehead atoms. The van der Waals surface area contributed by atoms with Crippen LogP contribution in [-0.2, 0) is 9.57 Å². The molecule has 0 aromatic carbocycles. The molecule has 1 rings (SSSR count). The van der Waals surface area contributed by atoms with Crippen molar-refractivity contribution in [3.05, 3.63) is 0 Å². The Morgan fingerprint density at radius 2 is 2.09 bits per heavy atom. The van der Waals surface area contributed by atoms with Crippen LogP contribution in [-0.4, -0.2) is 38.0 Å². The van der Waals surface area contributed by atoms with E-state index in [-0.39, 0.29) is 0 Å². The van der Waals surface area contributed by atoms with E-state index in [1.54, 1.807) is 7.11 Å². The molecule has 0 aliphatic carbocycles. The Labute approximate surface area is 68.2 Å². The highest BCUT2D eigenvalue weighted by atomic mass is 16.7. The average Bonchev–Trinajstić information content (AvgIpc) is 2.09. The fourth-order valence-electron chi connectivity index (χ4n) is 1.51. The third-order valence-electron chi connectivity index (χ3n) is 2.14. The van der Waals surface area contributed by atoms with Gasteiger partial charge in [0, 0.05) is 25.8 Å². The summed E-state index contributed by atoms with van der Waals surface area (Å²) in [6.07, 6.45) is 2.20. The Morgan fingerprint density at radius 1 is 1.45 bits per heavy atom. The van der Waals surface area contributed by atoms with Crippen LogP contribution in [0.25, 0.3) is 0 Å². The van der Waals surface area contributed by atoms with Crippen molar-refractivity contribution < 1.29 is 9.57 Å². The number of nitrogens with zero attached hydrogens (tertiary/aromatic N) is 1. The molecule has 0 aromatic heterocycles. The molecule has 0 atom stereocenters. The second kappa shape index (κ2) is 4.70. The molecule has 1 heterocycles. The molecule has 1 saturated heterocycles. The fraction of sp³-hybridized carbons (Fsp3) is 1.00. The van der Waals surface area contributed by atoms with Gasteiger partial charge in [-0.25, -0.2) is 0 Å². The minimum Gasteiger partial charge on any atom is -0.381 e. The van der Waals surface area contributed by atoms with Crippen LogP contribution >= 0.6 is 0 Å². The lowest BCUT2D eigenvalue weighted by atomic mass is 10.1. The van der Waals surface area contributed by atoms with Crippen LogP contribution in [0.15, 0.2) is 0 Å². The van der Waals surface area contributed by atoms with Crippen LogP contribution in [0.3, 0.4) is 0 Å². The summed E-state index contributed by atoms with van der Waals surface area (Å²) in [4.78, 5) is 5.22. The van der Waals surface area contributed by atoms with E-state index in [1.807, 2.05) is 5.06 Å². The van der Waals surface area contributed by atoms with Crippen molar-refractivity contribution in [2.45, 2.75) is 25.8 Å². The highest BCUT2D eigenvalue weighted by Crippen LogP contribution is 2.13. The summed E-state index contributed by atoms with van der Waals surface area (Å²) in [5.41, 5.74) is 0. The Bertz CT molecular complexity index is 98.3. The molecular formula is C8H17NO2. The SMILES string of the molecule is CCN(OC)C1CCOCC1. The summed E-state index contributed by atoms with van der Waals surface area (Å²) in [6.45, 7) is 4.83. The summed E-state index contributed by atoms with van der Waals surface area (Å²) in [6, 6.07) is 0.568. The van der Waals surface area contributed by atoms with Gasteiger partial charge in [-0.05, 0) is 12.8 Å². The molecule has 66 valence electrons. The summed E-state index contributed by atoms with van der Waals surface area (Å²) >= 11 is 0. The monoisotopic (exact) mass is 159 g/mol. The van der Waals surface area contributed by atoms with Gasteiger partial charge in [0.15, 0.2) is 0 Å². The molecular weight excluding hydrogens is 142 g/mol. The zero-order chi connectivity index (χ0) is 8.10. The Balaban J connectivity index is 2.30. The van der Waals surface area contributed by atoms with Crippen molar-refractivity contribution >= 4 is 0 Å². The maximum atomic E-state index is 5.26. The molecule has 3 heteroatoms. The molecule has 0 amide bonds. The van der Waals surface area contributed by atoms with Crippen LogP contribution in [0.2, 0.25) is 0 Å². The van der Waals surface area contributed by atoms with Gasteiger partial charge in [-0.3, -0.25) is 0 Å². The van der Waals surface area contributed by atoms with Gasteiger partial charge in [-0.1, -0.05) is 6.92 Å². The molecule has 0 N–H and O–H groups in total. The van der Waals surface area contributed by atoms with Crippen LogP contribution < -0.4 is 0 Å². The van der Waals surface area contributed by atoms with Crippen molar-refractivity contribution in [3.63, 3.8) is 0 Å². The lowest BCUT2D eigenvalue weighted by Crippen LogP contribution is -2.38. The first kappa shape index (κ1) is 8.97. The summed E-state index contributed by atoms with van der Waals surface area (Å²) < 4.78 is 5.26. The second-order valence-corrected chi connectivity index (χ2v) is 2.76. The molecule has 0 saturated carbocycles. The summed E-state index contributed by atoms with van der Waals surface area (Å²) in [5, 5.41) is 2.03. The summed E-state index contributed by atoms with van der Waals surface area (Å²) in [7, 11) is 1.74. The minimum absolute atomic E-state index is 0.568. The fourth-order valence-corrected chi connectivity index (χ4v) is 1.51. The third-order valence-corrected chi connectivity index (χ3v) is 2.14. The van der Waals surface area contributed by atoms with Gasteiger partial charge >= 0.3 is 0 Å². The number of rotatable bonds is 3. The van der Waals surface area contributed by atoms with Gasteiger partial charge in [0.05, 0.1) is 7.11 Å². The maximum Gasteiger partial charge on any atom is 0.0575 e. The highest BCUT2D eigenvalue weighted by Gasteiger charge is 2.19. The number of hydrogen-bond donors (Lipinski definition) is 0. The van der Waals surface area contributed by atoms with Crippen molar-refractivity contribution in [2.75, 3.05) is 26.9 Å². The van der Waals surface area contributed by atoms with Crippen LogP contribution in [0.5, 0.6) is 0 Å². The Hall–Kier alpha value is -0.120.